The van der Waals surface area contributed by atoms with E-state index in [0.717, 1.165) is 13.0 Å². The summed E-state index contributed by atoms with van der Waals surface area (Å²) in [6.07, 6.45) is 11.0. The van der Waals surface area contributed by atoms with Gasteiger partial charge in [0.25, 0.3) is 0 Å². The van der Waals surface area contributed by atoms with Crippen molar-refractivity contribution in [2.75, 3.05) is 13.6 Å². The highest BCUT2D eigenvalue weighted by atomic mass is 35.5. The summed E-state index contributed by atoms with van der Waals surface area (Å²) in [4.78, 5) is 3.60. The van der Waals surface area contributed by atoms with Crippen LogP contribution in [0.5, 0.6) is 0 Å². The van der Waals surface area contributed by atoms with Gasteiger partial charge in [0.15, 0.2) is 0 Å². The molecule has 3 heteroatoms. The molecule has 15 heavy (non-hydrogen) atoms. The van der Waals surface area contributed by atoms with E-state index in [2.05, 4.69) is 35.3 Å². The van der Waals surface area contributed by atoms with Crippen LogP contribution in [0.2, 0.25) is 0 Å². The lowest BCUT2D eigenvalue weighted by molar-refractivity contribution is 0.888. The van der Waals surface area contributed by atoms with Crippen molar-refractivity contribution in [2.24, 2.45) is 4.99 Å². The van der Waals surface area contributed by atoms with Crippen LogP contribution in [0.15, 0.2) is 51.7 Å². The molecule has 1 aliphatic rings. The van der Waals surface area contributed by atoms with Crippen molar-refractivity contribution in [3.05, 3.63) is 46.7 Å². The van der Waals surface area contributed by atoms with Gasteiger partial charge in [0.1, 0.15) is 5.16 Å². The highest BCUT2D eigenvalue weighted by Gasteiger charge is 1.99. The average Bonchev–Trinajstić information content (AvgIpc) is 2.28. The highest BCUT2D eigenvalue weighted by Crippen LogP contribution is 2.15. The topological polar surface area (TPSA) is 24.4 Å². The Morgan fingerprint density at radius 2 is 2.47 bits per heavy atom. The predicted octanol–water partition coefficient (Wildman–Crippen LogP) is 2.80. The monoisotopic (exact) mass is 222 g/mol. The van der Waals surface area contributed by atoms with E-state index in [4.69, 9.17) is 11.6 Å². The van der Waals surface area contributed by atoms with Crippen LogP contribution in [0.1, 0.15) is 6.42 Å². The van der Waals surface area contributed by atoms with E-state index < -0.39 is 0 Å². The first-order valence-electron chi connectivity index (χ1n) is 4.81. The summed E-state index contributed by atoms with van der Waals surface area (Å²) >= 11 is 5.70. The number of halogens is 1. The van der Waals surface area contributed by atoms with Crippen LogP contribution in [0.25, 0.3) is 0 Å². The first-order chi connectivity index (χ1) is 7.26. The van der Waals surface area contributed by atoms with Crippen LogP contribution < -0.4 is 5.32 Å². The van der Waals surface area contributed by atoms with Gasteiger partial charge in [-0.05, 0) is 37.4 Å². The maximum absolute atomic E-state index is 5.70. The molecule has 2 nitrogen and oxygen atoms in total. The van der Waals surface area contributed by atoms with Crippen molar-refractivity contribution in [2.45, 2.75) is 6.42 Å². The summed E-state index contributed by atoms with van der Waals surface area (Å²) in [5, 5.41) is 3.53. The van der Waals surface area contributed by atoms with Crippen molar-refractivity contribution in [3.8, 4) is 0 Å². The normalized spacial score (nSPS) is 19.2. The van der Waals surface area contributed by atoms with E-state index in [9.17, 15) is 0 Å². The molecule has 0 spiro atoms. The lowest BCUT2D eigenvalue weighted by atomic mass is 10.0. The van der Waals surface area contributed by atoms with E-state index >= 15 is 0 Å². The first kappa shape index (κ1) is 12.0. The molecule has 0 radical (unpaired) electrons. The fourth-order valence-electron chi connectivity index (χ4n) is 1.29. The molecule has 0 atom stereocenters. The zero-order chi connectivity index (χ0) is 11.1. The lowest BCUT2D eigenvalue weighted by Crippen LogP contribution is -2.10. The molecule has 0 fully saturated rings. The number of rotatable bonds is 4. The number of hydrogen-bond donors (Lipinski definition) is 1. The Kier molecular flexibility index (Phi) is 5.08. The Labute approximate surface area is 95.7 Å². The van der Waals surface area contributed by atoms with E-state index in [-0.39, 0.29) is 0 Å². The third kappa shape index (κ3) is 4.28. The second kappa shape index (κ2) is 6.38. The third-order valence-electron chi connectivity index (χ3n) is 2.08. The Morgan fingerprint density at radius 3 is 3.00 bits per heavy atom. The second-order valence-corrected chi connectivity index (χ2v) is 3.62. The number of aliphatic imine (C=N–C) groups is 1. The van der Waals surface area contributed by atoms with Crippen LogP contribution in [0.4, 0.5) is 0 Å². The molecule has 0 unspecified atom stereocenters. The highest BCUT2D eigenvalue weighted by molar-refractivity contribution is 6.29. The smallest absolute Gasteiger partial charge is 0.128 e. The molecule has 1 rings (SSSR count). The molecule has 1 aliphatic carbocycles. The lowest BCUT2D eigenvalue weighted by Gasteiger charge is -2.08. The molecule has 1 N–H and O–H groups in total. The third-order valence-corrected chi connectivity index (χ3v) is 2.32. The van der Waals surface area contributed by atoms with Gasteiger partial charge in [-0.1, -0.05) is 35.9 Å². The number of allylic oxidation sites excluding steroid dienone is 5. The summed E-state index contributed by atoms with van der Waals surface area (Å²) in [5.41, 5.74) is 2.53. The minimum Gasteiger partial charge on any atom is -0.316 e. The SMILES string of the molecule is C=N/C(Cl)=C\C=C1\C=CC(CNC)=CC1. The van der Waals surface area contributed by atoms with Gasteiger partial charge in [0.2, 0.25) is 0 Å². The average molecular weight is 223 g/mol. The molecule has 0 aliphatic heterocycles. The van der Waals surface area contributed by atoms with Gasteiger partial charge >= 0.3 is 0 Å². The summed E-state index contributed by atoms with van der Waals surface area (Å²) in [6, 6.07) is 0. The number of likely N-dealkylation sites (N-methyl/N-ethyl adjacent to an activating group) is 1. The summed E-state index contributed by atoms with van der Waals surface area (Å²) in [6.45, 7) is 4.25. The number of nitrogens with zero attached hydrogens (tertiary/aromatic N) is 1. The summed E-state index contributed by atoms with van der Waals surface area (Å²) in [7, 11) is 1.94. The molecule has 0 aromatic heterocycles. The maximum Gasteiger partial charge on any atom is 0.128 e. The zero-order valence-corrected chi connectivity index (χ0v) is 9.59. The van der Waals surface area contributed by atoms with Gasteiger partial charge in [0.05, 0.1) is 0 Å². The van der Waals surface area contributed by atoms with Crippen LogP contribution in [-0.2, 0) is 0 Å². The minimum atomic E-state index is 0.418. The standard InChI is InChI=1S/C12H15ClN2/c1-14-9-11-5-3-10(4-6-11)7-8-12(13)15-2/h3,5-8,14H,2,4,9H2,1H3/b10-7-,12-8-. The molecule has 0 heterocycles. The van der Waals surface area contributed by atoms with E-state index in [0.29, 0.717) is 5.16 Å². The van der Waals surface area contributed by atoms with Gasteiger partial charge < -0.3 is 5.32 Å². The van der Waals surface area contributed by atoms with E-state index in [1.54, 1.807) is 6.08 Å². The molecule has 80 valence electrons. The van der Waals surface area contributed by atoms with Crippen molar-refractivity contribution in [1.29, 1.82) is 0 Å². The summed E-state index contributed by atoms with van der Waals surface area (Å²) < 4.78 is 0. The number of hydrogen-bond acceptors (Lipinski definition) is 2. The fourth-order valence-corrected chi connectivity index (χ4v) is 1.35. The van der Waals surface area contributed by atoms with Gasteiger partial charge in [-0.2, -0.15) is 0 Å². The van der Waals surface area contributed by atoms with Gasteiger partial charge in [0, 0.05) is 6.54 Å². The quantitative estimate of drug-likeness (QED) is 0.574. The molecule has 0 saturated heterocycles. The molecular formula is C12H15ClN2. The summed E-state index contributed by atoms with van der Waals surface area (Å²) in [5.74, 6) is 0. The minimum absolute atomic E-state index is 0.418. The van der Waals surface area contributed by atoms with E-state index in [1.807, 2.05) is 13.1 Å². The molecular weight excluding hydrogens is 208 g/mol. The van der Waals surface area contributed by atoms with Crippen LogP contribution in [0.3, 0.4) is 0 Å². The zero-order valence-electron chi connectivity index (χ0n) is 8.83. The maximum atomic E-state index is 5.70. The van der Waals surface area contributed by atoms with Crippen LogP contribution in [-0.4, -0.2) is 20.3 Å². The molecule has 0 aromatic carbocycles. The van der Waals surface area contributed by atoms with Gasteiger partial charge in [-0.3, -0.25) is 4.99 Å². The Balaban J connectivity index is 2.59. The molecule has 0 aromatic rings. The van der Waals surface area contributed by atoms with Crippen molar-refractivity contribution in [1.82, 2.24) is 5.32 Å². The van der Waals surface area contributed by atoms with E-state index in [1.165, 1.54) is 11.1 Å². The fraction of sp³-hybridized carbons (Fsp3) is 0.250. The first-order valence-corrected chi connectivity index (χ1v) is 5.19. The predicted molar refractivity (Wildman–Crippen MR) is 67.3 cm³/mol. The van der Waals surface area contributed by atoms with Gasteiger partial charge in [-0.15, -0.1) is 0 Å². The molecule has 0 saturated carbocycles. The van der Waals surface area contributed by atoms with Crippen molar-refractivity contribution < 1.29 is 0 Å². The largest absolute Gasteiger partial charge is 0.316 e. The second-order valence-electron chi connectivity index (χ2n) is 3.24. The molecule has 0 bridgehead atoms. The van der Waals surface area contributed by atoms with Gasteiger partial charge in [-0.25, -0.2) is 0 Å². The van der Waals surface area contributed by atoms with Crippen molar-refractivity contribution >= 4 is 18.3 Å². The number of nitrogens with one attached hydrogen (secondary N) is 1. The Bertz CT molecular complexity index is 349. The Morgan fingerprint density at radius 1 is 1.67 bits per heavy atom. The Hall–Kier alpha value is -1.12. The molecule has 0 amide bonds. The van der Waals surface area contributed by atoms with Crippen LogP contribution in [0, 0.1) is 0 Å². The van der Waals surface area contributed by atoms with Crippen molar-refractivity contribution in [3.63, 3.8) is 0 Å². The van der Waals surface area contributed by atoms with Crippen LogP contribution >= 0.6 is 11.6 Å².